The summed E-state index contributed by atoms with van der Waals surface area (Å²) >= 11 is 0. The molecule has 1 unspecified atom stereocenters. The number of hydrogen-bond donors (Lipinski definition) is 1. The third-order valence-corrected chi connectivity index (χ3v) is 2.03. The second-order valence-electron chi connectivity index (χ2n) is 3.02. The molecule has 0 aromatic heterocycles. The molecule has 80 valence electrons. The van der Waals surface area contributed by atoms with Gasteiger partial charge in [0.25, 0.3) is 5.69 Å². The first kappa shape index (κ1) is 11.1. The molecule has 0 saturated carbocycles. The Kier molecular flexibility index (Phi) is 2.99. The van der Waals surface area contributed by atoms with Crippen molar-refractivity contribution in [2.75, 3.05) is 0 Å². The molecule has 1 atom stereocenters. The van der Waals surface area contributed by atoms with E-state index in [-0.39, 0.29) is 11.3 Å². The number of benzene rings is 1. The molecule has 1 rings (SSSR count). The second kappa shape index (κ2) is 4.04. The molecule has 0 radical (unpaired) electrons. The van der Waals surface area contributed by atoms with Gasteiger partial charge in [-0.1, -0.05) is 0 Å². The number of nitro groups is 1. The Morgan fingerprint density at radius 2 is 2.20 bits per heavy atom. The molecule has 0 aliphatic rings. The Labute approximate surface area is 84.3 Å². The number of hydrogen-bond acceptors (Lipinski definition) is 3. The van der Waals surface area contributed by atoms with Crippen molar-refractivity contribution in [1.82, 2.24) is 0 Å². The van der Waals surface area contributed by atoms with E-state index in [2.05, 4.69) is 0 Å². The number of carbonyl (C=O) groups is 1. The largest absolute Gasteiger partial charge is 0.481 e. The second-order valence-corrected chi connectivity index (χ2v) is 3.02. The molecule has 0 bridgehead atoms. The fraction of sp³-hybridized carbons (Fsp3) is 0.222. The van der Waals surface area contributed by atoms with Gasteiger partial charge in [0.2, 0.25) is 0 Å². The first-order valence-electron chi connectivity index (χ1n) is 4.10. The lowest BCUT2D eigenvalue weighted by Gasteiger charge is -2.07. The number of carboxylic acids is 1. The summed E-state index contributed by atoms with van der Waals surface area (Å²) in [4.78, 5) is 20.3. The molecular weight excluding hydrogens is 205 g/mol. The van der Waals surface area contributed by atoms with Crippen molar-refractivity contribution in [2.45, 2.75) is 12.8 Å². The number of carboxylic acid groups (broad SMARTS) is 1. The minimum Gasteiger partial charge on any atom is -0.481 e. The van der Waals surface area contributed by atoms with Gasteiger partial charge in [0, 0.05) is 17.7 Å². The van der Waals surface area contributed by atoms with Crippen molar-refractivity contribution >= 4 is 11.7 Å². The summed E-state index contributed by atoms with van der Waals surface area (Å²) in [5.74, 6) is -3.09. The van der Waals surface area contributed by atoms with Crippen molar-refractivity contribution in [1.29, 1.82) is 0 Å². The normalized spacial score (nSPS) is 12.1. The Morgan fingerprint density at radius 3 is 2.67 bits per heavy atom. The van der Waals surface area contributed by atoms with Crippen LogP contribution in [0.5, 0.6) is 0 Å². The van der Waals surface area contributed by atoms with E-state index in [1.54, 1.807) is 0 Å². The van der Waals surface area contributed by atoms with E-state index in [1.807, 2.05) is 0 Å². The fourth-order valence-electron chi connectivity index (χ4n) is 1.11. The van der Waals surface area contributed by atoms with Crippen molar-refractivity contribution in [2.24, 2.45) is 0 Å². The van der Waals surface area contributed by atoms with Gasteiger partial charge in [-0.15, -0.1) is 0 Å². The average Bonchev–Trinajstić information content (AvgIpc) is 2.16. The third kappa shape index (κ3) is 2.28. The molecular formula is C9H8FNO4. The zero-order chi connectivity index (χ0) is 11.6. The Hall–Kier alpha value is -1.98. The summed E-state index contributed by atoms with van der Waals surface area (Å²) in [6, 6.07) is 2.83. The van der Waals surface area contributed by atoms with E-state index in [0.717, 1.165) is 18.2 Å². The molecule has 15 heavy (non-hydrogen) atoms. The summed E-state index contributed by atoms with van der Waals surface area (Å²) in [7, 11) is 0. The molecule has 0 saturated heterocycles. The smallest absolute Gasteiger partial charge is 0.310 e. The van der Waals surface area contributed by atoms with Crippen molar-refractivity contribution in [3.63, 3.8) is 0 Å². The van der Waals surface area contributed by atoms with Crippen LogP contribution in [0.3, 0.4) is 0 Å². The highest BCUT2D eigenvalue weighted by Crippen LogP contribution is 2.23. The summed E-state index contributed by atoms with van der Waals surface area (Å²) in [6.07, 6.45) is 0. The molecule has 0 amide bonds. The Balaban J connectivity index is 3.22. The monoisotopic (exact) mass is 213 g/mol. The third-order valence-electron chi connectivity index (χ3n) is 2.03. The number of non-ortho nitro benzene ring substituents is 1. The van der Waals surface area contributed by atoms with Gasteiger partial charge in [-0.25, -0.2) is 4.39 Å². The van der Waals surface area contributed by atoms with E-state index in [9.17, 15) is 19.3 Å². The van der Waals surface area contributed by atoms with E-state index in [0.29, 0.717) is 0 Å². The van der Waals surface area contributed by atoms with Crippen LogP contribution in [-0.2, 0) is 4.79 Å². The number of nitro benzene ring substituents is 1. The Morgan fingerprint density at radius 1 is 1.60 bits per heavy atom. The van der Waals surface area contributed by atoms with Crippen LogP contribution >= 0.6 is 0 Å². The number of aliphatic carboxylic acids is 1. The molecule has 0 fully saturated rings. The summed E-state index contributed by atoms with van der Waals surface area (Å²) < 4.78 is 13.2. The highest BCUT2D eigenvalue weighted by atomic mass is 19.1. The maximum Gasteiger partial charge on any atom is 0.310 e. The molecule has 0 aliphatic heterocycles. The Bertz CT molecular complexity index is 419. The van der Waals surface area contributed by atoms with Gasteiger partial charge in [-0.05, 0) is 13.0 Å². The molecule has 1 N–H and O–H groups in total. The molecule has 0 heterocycles. The lowest BCUT2D eigenvalue weighted by molar-refractivity contribution is -0.385. The van der Waals surface area contributed by atoms with Gasteiger partial charge in [0.15, 0.2) is 0 Å². The van der Waals surface area contributed by atoms with Crippen molar-refractivity contribution < 1.29 is 19.2 Å². The molecule has 0 spiro atoms. The van der Waals surface area contributed by atoms with E-state index in [1.165, 1.54) is 6.92 Å². The molecule has 1 aromatic carbocycles. The zero-order valence-electron chi connectivity index (χ0n) is 7.81. The molecule has 5 nitrogen and oxygen atoms in total. The first-order chi connectivity index (χ1) is 6.93. The maximum atomic E-state index is 13.2. The predicted octanol–water partition coefficient (Wildman–Crippen LogP) is 1.92. The number of rotatable bonds is 3. The first-order valence-corrected chi connectivity index (χ1v) is 4.10. The van der Waals surface area contributed by atoms with Crippen molar-refractivity contribution in [3.8, 4) is 0 Å². The van der Waals surface area contributed by atoms with E-state index < -0.39 is 22.6 Å². The topological polar surface area (TPSA) is 80.4 Å². The summed E-state index contributed by atoms with van der Waals surface area (Å²) in [5, 5.41) is 19.0. The van der Waals surface area contributed by atoms with E-state index >= 15 is 0 Å². The standard InChI is InChI=1S/C9H8FNO4/c1-5(9(12)13)7-4-6(11(14)15)2-3-8(7)10/h2-5H,1H3,(H,12,13). The highest BCUT2D eigenvalue weighted by molar-refractivity contribution is 5.75. The van der Waals surface area contributed by atoms with Gasteiger partial charge in [-0.3, -0.25) is 14.9 Å². The van der Waals surface area contributed by atoms with Gasteiger partial charge < -0.3 is 5.11 Å². The van der Waals surface area contributed by atoms with Gasteiger partial charge in [-0.2, -0.15) is 0 Å². The van der Waals surface area contributed by atoms with E-state index in [4.69, 9.17) is 5.11 Å². The van der Waals surface area contributed by atoms with Gasteiger partial charge >= 0.3 is 5.97 Å². The zero-order valence-corrected chi connectivity index (χ0v) is 7.81. The van der Waals surface area contributed by atoms with Crippen LogP contribution in [0.4, 0.5) is 10.1 Å². The van der Waals surface area contributed by atoms with Gasteiger partial charge in [0.05, 0.1) is 10.8 Å². The fourth-order valence-corrected chi connectivity index (χ4v) is 1.11. The van der Waals surface area contributed by atoms with Crippen LogP contribution in [0.1, 0.15) is 18.4 Å². The van der Waals surface area contributed by atoms with Crippen LogP contribution in [0.25, 0.3) is 0 Å². The maximum absolute atomic E-state index is 13.2. The minimum absolute atomic E-state index is 0.184. The number of nitrogens with zero attached hydrogens (tertiary/aromatic N) is 1. The van der Waals surface area contributed by atoms with Crippen LogP contribution in [0.2, 0.25) is 0 Å². The SMILES string of the molecule is CC(C(=O)O)c1cc([N+](=O)[O-])ccc1F. The minimum atomic E-state index is -1.23. The number of halogens is 1. The highest BCUT2D eigenvalue weighted by Gasteiger charge is 2.20. The van der Waals surface area contributed by atoms with Crippen LogP contribution in [0.15, 0.2) is 18.2 Å². The van der Waals surface area contributed by atoms with Crippen LogP contribution < -0.4 is 0 Å². The average molecular weight is 213 g/mol. The molecule has 6 heteroatoms. The lowest BCUT2D eigenvalue weighted by atomic mass is 10.0. The molecule has 0 aliphatic carbocycles. The van der Waals surface area contributed by atoms with Crippen LogP contribution in [0, 0.1) is 15.9 Å². The molecule has 1 aromatic rings. The van der Waals surface area contributed by atoms with Crippen molar-refractivity contribution in [3.05, 3.63) is 39.7 Å². The van der Waals surface area contributed by atoms with Crippen LogP contribution in [-0.4, -0.2) is 16.0 Å². The summed E-state index contributed by atoms with van der Waals surface area (Å²) in [6.45, 7) is 1.27. The predicted molar refractivity (Wildman–Crippen MR) is 49.1 cm³/mol. The lowest BCUT2D eigenvalue weighted by Crippen LogP contribution is -2.09. The van der Waals surface area contributed by atoms with Gasteiger partial charge in [0.1, 0.15) is 5.82 Å². The quantitative estimate of drug-likeness (QED) is 0.614. The summed E-state index contributed by atoms with van der Waals surface area (Å²) in [5.41, 5.74) is -0.504.